The van der Waals surface area contributed by atoms with Crippen LogP contribution in [0.25, 0.3) is 0 Å². The fraction of sp³-hybridized carbons (Fsp3) is 0.250. The summed E-state index contributed by atoms with van der Waals surface area (Å²) in [6.45, 7) is 6.21. The first-order valence-corrected chi connectivity index (χ1v) is 6.35. The van der Waals surface area contributed by atoms with Crippen LogP contribution in [0.1, 0.15) is 18.1 Å². The molecule has 0 saturated heterocycles. The van der Waals surface area contributed by atoms with Gasteiger partial charge in [-0.25, -0.2) is 0 Å². The summed E-state index contributed by atoms with van der Waals surface area (Å²) >= 11 is 0. The Hall–Kier alpha value is -1.96. The van der Waals surface area contributed by atoms with Crippen molar-refractivity contribution in [3.8, 4) is 0 Å². The van der Waals surface area contributed by atoms with Gasteiger partial charge in [0.05, 0.1) is 0 Å². The van der Waals surface area contributed by atoms with E-state index in [0.717, 1.165) is 18.8 Å². The van der Waals surface area contributed by atoms with Gasteiger partial charge in [0, 0.05) is 24.5 Å². The van der Waals surface area contributed by atoms with Crippen molar-refractivity contribution in [2.75, 3.05) is 17.2 Å². The lowest BCUT2D eigenvalue weighted by Gasteiger charge is -2.25. The number of aryl methyl sites for hydroxylation is 1. The van der Waals surface area contributed by atoms with Gasteiger partial charge in [-0.05, 0) is 43.2 Å². The molecule has 18 heavy (non-hydrogen) atoms. The third kappa shape index (κ3) is 2.83. The van der Waals surface area contributed by atoms with Gasteiger partial charge < -0.3 is 10.6 Å². The number of hydrogen-bond acceptors (Lipinski definition) is 2. The maximum absolute atomic E-state index is 5.80. The van der Waals surface area contributed by atoms with Crippen molar-refractivity contribution in [3.05, 3.63) is 59.7 Å². The average Bonchev–Trinajstić information content (AvgIpc) is 2.38. The smallest absolute Gasteiger partial charge is 0.0429 e. The molecule has 2 heteroatoms. The maximum Gasteiger partial charge on any atom is 0.0429 e. The van der Waals surface area contributed by atoms with Crippen molar-refractivity contribution < 1.29 is 0 Å². The first-order valence-electron chi connectivity index (χ1n) is 6.35. The van der Waals surface area contributed by atoms with Crippen molar-refractivity contribution in [2.24, 2.45) is 0 Å². The molecule has 0 bridgehead atoms. The number of anilines is 2. The quantitative estimate of drug-likeness (QED) is 0.827. The molecule has 0 aromatic heterocycles. The van der Waals surface area contributed by atoms with E-state index in [9.17, 15) is 0 Å². The lowest BCUT2D eigenvalue weighted by atomic mass is 10.1. The standard InChI is InChI=1S/C16H20N2/c1-3-18(12-14-7-5-4-6-8-14)16-10-9-15(17)11-13(16)2/h4-11H,3,12,17H2,1-2H3. The molecular formula is C16H20N2. The van der Waals surface area contributed by atoms with E-state index >= 15 is 0 Å². The van der Waals surface area contributed by atoms with E-state index < -0.39 is 0 Å². The molecule has 0 saturated carbocycles. The first-order chi connectivity index (χ1) is 8.70. The van der Waals surface area contributed by atoms with E-state index in [2.05, 4.69) is 49.1 Å². The lowest BCUT2D eigenvalue weighted by molar-refractivity contribution is 0.828. The highest BCUT2D eigenvalue weighted by Gasteiger charge is 2.08. The number of nitrogens with zero attached hydrogens (tertiary/aromatic N) is 1. The highest BCUT2D eigenvalue weighted by Crippen LogP contribution is 2.23. The zero-order valence-corrected chi connectivity index (χ0v) is 11.1. The molecule has 2 aromatic rings. The number of benzene rings is 2. The molecule has 2 nitrogen and oxygen atoms in total. The highest BCUT2D eigenvalue weighted by molar-refractivity contribution is 5.59. The molecule has 2 N–H and O–H groups in total. The van der Waals surface area contributed by atoms with E-state index in [4.69, 9.17) is 5.73 Å². The third-order valence-electron chi connectivity index (χ3n) is 3.16. The van der Waals surface area contributed by atoms with Gasteiger partial charge in [0.1, 0.15) is 0 Å². The van der Waals surface area contributed by atoms with Gasteiger partial charge in [-0.15, -0.1) is 0 Å². The Labute approximate surface area is 109 Å². The normalized spacial score (nSPS) is 10.3. The van der Waals surface area contributed by atoms with Gasteiger partial charge in [-0.1, -0.05) is 30.3 Å². The van der Waals surface area contributed by atoms with Crippen molar-refractivity contribution in [3.63, 3.8) is 0 Å². The average molecular weight is 240 g/mol. The Morgan fingerprint density at radius 2 is 1.78 bits per heavy atom. The minimum Gasteiger partial charge on any atom is -0.399 e. The second kappa shape index (κ2) is 5.58. The van der Waals surface area contributed by atoms with Crippen molar-refractivity contribution >= 4 is 11.4 Å². The van der Waals surface area contributed by atoms with Crippen molar-refractivity contribution in [1.29, 1.82) is 0 Å². The molecular weight excluding hydrogens is 220 g/mol. The van der Waals surface area contributed by atoms with Crippen LogP contribution in [0.4, 0.5) is 11.4 Å². The van der Waals surface area contributed by atoms with Gasteiger partial charge >= 0.3 is 0 Å². The fourth-order valence-corrected chi connectivity index (χ4v) is 2.20. The summed E-state index contributed by atoms with van der Waals surface area (Å²) in [4.78, 5) is 2.37. The predicted octanol–water partition coefficient (Wildman–Crippen LogP) is 3.60. The zero-order chi connectivity index (χ0) is 13.0. The lowest BCUT2D eigenvalue weighted by Crippen LogP contribution is -2.22. The Balaban J connectivity index is 2.23. The predicted molar refractivity (Wildman–Crippen MR) is 78.8 cm³/mol. The topological polar surface area (TPSA) is 29.3 Å². The third-order valence-corrected chi connectivity index (χ3v) is 3.16. The largest absolute Gasteiger partial charge is 0.399 e. The number of rotatable bonds is 4. The van der Waals surface area contributed by atoms with Gasteiger partial charge in [-0.2, -0.15) is 0 Å². The van der Waals surface area contributed by atoms with Crippen LogP contribution in [0.5, 0.6) is 0 Å². The van der Waals surface area contributed by atoms with E-state index in [1.54, 1.807) is 0 Å². The van der Waals surface area contributed by atoms with Crippen LogP contribution in [-0.2, 0) is 6.54 Å². The van der Waals surface area contributed by atoms with Crippen LogP contribution >= 0.6 is 0 Å². The van der Waals surface area contributed by atoms with Crippen LogP contribution in [0.2, 0.25) is 0 Å². The highest BCUT2D eigenvalue weighted by atomic mass is 15.1. The number of nitrogen functional groups attached to an aromatic ring is 1. The minimum atomic E-state index is 0.826. The monoisotopic (exact) mass is 240 g/mol. The van der Waals surface area contributed by atoms with E-state index in [0.29, 0.717) is 0 Å². The second-order valence-electron chi connectivity index (χ2n) is 4.55. The first kappa shape index (κ1) is 12.5. The van der Waals surface area contributed by atoms with E-state index in [-0.39, 0.29) is 0 Å². The van der Waals surface area contributed by atoms with Crippen molar-refractivity contribution in [2.45, 2.75) is 20.4 Å². The molecule has 0 aliphatic rings. The van der Waals surface area contributed by atoms with Crippen LogP contribution < -0.4 is 10.6 Å². The number of hydrogen-bond donors (Lipinski definition) is 1. The Kier molecular flexibility index (Phi) is 3.88. The molecule has 0 amide bonds. The summed E-state index contributed by atoms with van der Waals surface area (Å²) in [6.07, 6.45) is 0. The van der Waals surface area contributed by atoms with Crippen LogP contribution in [0.3, 0.4) is 0 Å². The summed E-state index contributed by atoms with van der Waals surface area (Å²) in [5.41, 5.74) is 10.4. The fourth-order valence-electron chi connectivity index (χ4n) is 2.20. The summed E-state index contributed by atoms with van der Waals surface area (Å²) < 4.78 is 0. The molecule has 0 radical (unpaired) electrons. The minimum absolute atomic E-state index is 0.826. The Morgan fingerprint density at radius 3 is 2.39 bits per heavy atom. The zero-order valence-electron chi connectivity index (χ0n) is 11.1. The molecule has 0 fully saturated rings. The SMILES string of the molecule is CCN(Cc1ccccc1)c1ccc(N)cc1C. The van der Waals surface area contributed by atoms with Gasteiger partial charge in [-0.3, -0.25) is 0 Å². The van der Waals surface area contributed by atoms with Crippen LogP contribution in [-0.4, -0.2) is 6.54 Å². The number of nitrogens with two attached hydrogens (primary N) is 1. The van der Waals surface area contributed by atoms with Gasteiger partial charge in [0.25, 0.3) is 0 Å². The Bertz CT molecular complexity index is 506. The van der Waals surface area contributed by atoms with Crippen LogP contribution in [0.15, 0.2) is 48.5 Å². The molecule has 0 unspecified atom stereocenters. The summed E-state index contributed by atoms with van der Waals surface area (Å²) in [7, 11) is 0. The summed E-state index contributed by atoms with van der Waals surface area (Å²) in [5.74, 6) is 0. The molecule has 0 aliphatic carbocycles. The summed E-state index contributed by atoms with van der Waals surface area (Å²) in [5, 5.41) is 0. The molecule has 0 heterocycles. The van der Waals surface area contributed by atoms with E-state index in [1.807, 2.05) is 18.2 Å². The Morgan fingerprint density at radius 1 is 1.06 bits per heavy atom. The van der Waals surface area contributed by atoms with Gasteiger partial charge in [0.15, 0.2) is 0 Å². The van der Waals surface area contributed by atoms with E-state index in [1.165, 1.54) is 16.8 Å². The molecule has 2 rings (SSSR count). The van der Waals surface area contributed by atoms with Gasteiger partial charge in [0.2, 0.25) is 0 Å². The molecule has 0 spiro atoms. The second-order valence-corrected chi connectivity index (χ2v) is 4.55. The molecule has 0 aliphatic heterocycles. The van der Waals surface area contributed by atoms with Crippen LogP contribution in [0, 0.1) is 6.92 Å². The molecule has 94 valence electrons. The molecule has 0 atom stereocenters. The summed E-state index contributed by atoms with van der Waals surface area (Å²) in [6, 6.07) is 16.6. The van der Waals surface area contributed by atoms with Crippen molar-refractivity contribution in [1.82, 2.24) is 0 Å². The maximum atomic E-state index is 5.80. The molecule has 2 aromatic carbocycles.